The van der Waals surface area contributed by atoms with Gasteiger partial charge >= 0.3 is 5.97 Å². The number of carboxylic acids is 1. The number of nitrogens with one attached hydrogen (secondary N) is 1. The second kappa shape index (κ2) is 7.28. The first kappa shape index (κ1) is 17.0. The minimum Gasteiger partial charge on any atom is -0.481 e. The molecule has 0 unspecified atom stereocenters. The molecule has 1 aromatic heterocycles. The van der Waals surface area contributed by atoms with Gasteiger partial charge in [0.1, 0.15) is 16.8 Å². The second-order valence-corrected chi connectivity index (χ2v) is 5.68. The summed E-state index contributed by atoms with van der Waals surface area (Å²) in [6.07, 6.45) is 0.321. The third-order valence-corrected chi connectivity index (χ3v) is 3.65. The average molecular weight is 335 g/mol. The van der Waals surface area contributed by atoms with Crippen molar-refractivity contribution in [2.75, 3.05) is 31.4 Å². The molecule has 0 saturated heterocycles. The van der Waals surface area contributed by atoms with Gasteiger partial charge in [0, 0.05) is 38.8 Å². The van der Waals surface area contributed by atoms with Crippen molar-refractivity contribution in [3.63, 3.8) is 0 Å². The molecule has 6 nitrogen and oxygen atoms in total. The Morgan fingerprint density at radius 3 is 2.43 bits per heavy atom. The van der Waals surface area contributed by atoms with Gasteiger partial charge in [0.2, 0.25) is 0 Å². The Morgan fingerprint density at radius 1 is 1.26 bits per heavy atom. The number of hydrogen-bond donors (Lipinski definition) is 2. The maximum atomic E-state index is 11.0. The Kier molecular flexibility index (Phi) is 5.39. The molecule has 0 fully saturated rings. The number of halogens is 1. The molecule has 2 aromatic rings. The highest BCUT2D eigenvalue weighted by atomic mass is 35.5. The smallest absolute Gasteiger partial charge is 0.308 e. The van der Waals surface area contributed by atoms with Gasteiger partial charge < -0.3 is 15.3 Å². The minimum absolute atomic E-state index is 0.188. The molecule has 0 radical (unpaired) electrons. The number of rotatable bonds is 6. The fraction of sp³-hybridized carbons (Fsp3) is 0.312. The quantitative estimate of drug-likeness (QED) is 0.790. The first-order chi connectivity index (χ1) is 10.9. The van der Waals surface area contributed by atoms with E-state index in [1.165, 1.54) is 0 Å². The Bertz CT molecular complexity index is 702. The van der Waals surface area contributed by atoms with Crippen LogP contribution in [0.3, 0.4) is 0 Å². The van der Waals surface area contributed by atoms with Crippen LogP contribution in [0.1, 0.15) is 17.0 Å². The van der Waals surface area contributed by atoms with Crippen LogP contribution in [0, 0.1) is 0 Å². The number of carbonyl (C=O) groups is 1. The van der Waals surface area contributed by atoms with E-state index in [0.29, 0.717) is 23.6 Å². The molecule has 122 valence electrons. The zero-order valence-corrected chi connectivity index (χ0v) is 14.1. The van der Waals surface area contributed by atoms with Gasteiger partial charge in [0.25, 0.3) is 0 Å². The highest BCUT2D eigenvalue weighted by Crippen LogP contribution is 2.25. The maximum absolute atomic E-state index is 11.0. The molecule has 0 amide bonds. The van der Waals surface area contributed by atoms with Crippen LogP contribution < -0.4 is 10.2 Å². The molecule has 0 spiro atoms. The van der Waals surface area contributed by atoms with Crippen molar-refractivity contribution in [3.8, 4) is 0 Å². The standard InChI is InChI=1S/C16H19ClN4O2/c1-18-11-6-4-10(5-7-11)8-13-19-15(17)12(9-14(22)23)16(20-13)21(2)3/h4-7,18H,8-9H2,1-3H3,(H,22,23). The summed E-state index contributed by atoms with van der Waals surface area (Å²) in [4.78, 5) is 21.5. The van der Waals surface area contributed by atoms with Gasteiger partial charge in [0.15, 0.2) is 0 Å². The van der Waals surface area contributed by atoms with E-state index in [1.54, 1.807) is 19.0 Å². The molecule has 0 bridgehead atoms. The molecule has 2 N–H and O–H groups in total. The van der Waals surface area contributed by atoms with Crippen molar-refractivity contribution in [2.24, 2.45) is 0 Å². The largest absolute Gasteiger partial charge is 0.481 e. The Labute approximate surface area is 140 Å². The number of carboxylic acid groups (broad SMARTS) is 1. The van der Waals surface area contributed by atoms with E-state index in [0.717, 1.165) is 11.3 Å². The number of hydrogen-bond acceptors (Lipinski definition) is 5. The van der Waals surface area contributed by atoms with Crippen LogP contribution in [0.4, 0.5) is 11.5 Å². The van der Waals surface area contributed by atoms with E-state index >= 15 is 0 Å². The van der Waals surface area contributed by atoms with Crippen molar-refractivity contribution in [3.05, 3.63) is 46.4 Å². The Morgan fingerprint density at radius 2 is 1.91 bits per heavy atom. The summed E-state index contributed by atoms with van der Waals surface area (Å²) < 4.78 is 0. The molecule has 0 aliphatic heterocycles. The van der Waals surface area contributed by atoms with Gasteiger partial charge in [0.05, 0.1) is 6.42 Å². The molecule has 0 aliphatic carbocycles. The fourth-order valence-electron chi connectivity index (χ4n) is 2.21. The van der Waals surface area contributed by atoms with Crippen LogP contribution in [0.25, 0.3) is 0 Å². The molecule has 1 heterocycles. The number of aliphatic carboxylic acids is 1. The summed E-state index contributed by atoms with van der Waals surface area (Å²) in [5, 5.41) is 12.3. The predicted molar refractivity (Wildman–Crippen MR) is 91.5 cm³/mol. The lowest BCUT2D eigenvalue weighted by Gasteiger charge is -2.17. The van der Waals surface area contributed by atoms with Gasteiger partial charge in [-0.15, -0.1) is 0 Å². The first-order valence-corrected chi connectivity index (χ1v) is 7.49. The number of anilines is 2. The fourth-order valence-corrected chi connectivity index (χ4v) is 2.46. The van der Waals surface area contributed by atoms with Crippen LogP contribution in [0.2, 0.25) is 5.15 Å². The van der Waals surface area contributed by atoms with E-state index in [9.17, 15) is 4.79 Å². The molecular weight excluding hydrogens is 316 g/mol. The summed E-state index contributed by atoms with van der Waals surface area (Å²) >= 11 is 6.19. The lowest BCUT2D eigenvalue weighted by molar-refractivity contribution is -0.136. The van der Waals surface area contributed by atoms with E-state index in [-0.39, 0.29) is 11.6 Å². The summed E-state index contributed by atoms with van der Waals surface area (Å²) in [5.41, 5.74) is 2.51. The molecule has 2 rings (SSSR count). The second-order valence-electron chi connectivity index (χ2n) is 5.32. The van der Waals surface area contributed by atoms with E-state index < -0.39 is 5.97 Å². The maximum Gasteiger partial charge on any atom is 0.308 e. The molecule has 0 saturated carbocycles. The van der Waals surface area contributed by atoms with Gasteiger partial charge in [-0.25, -0.2) is 9.97 Å². The monoisotopic (exact) mass is 334 g/mol. The van der Waals surface area contributed by atoms with Crippen molar-refractivity contribution < 1.29 is 9.90 Å². The first-order valence-electron chi connectivity index (χ1n) is 7.11. The lowest BCUT2D eigenvalue weighted by atomic mass is 10.1. The lowest BCUT2D eigenvalue weighted by Crippen LogP contribution is -2.18. The molecule has 7 heteroatoms. The Hall–Kier alpha value is -2.34. The number of nitrogens with zero attached hydrogens (tertiary/aromatic N) is 3. The van der Waals surface area contributed by atoms with Gasteiger partial charge in [-0.1, -0.05) is 23.7 Å². The van der Waals surface area contributed by atoms with Gasteiger partial charge in [-0.3, -0.25) is 4.79 Å². The van der Waals surface area contributed by atoms with Crippen LogP contribution in [-0.4, -0.2) is 42.2 Å². The summed E-state index contributed by atoms with van der Waals surface area (Å²) in [6, 6.07) is 7.93. The van der Waals surface area contributed by atoms with Crippen LogP contribution >= 0.6 is 11.6 Å². The van der Waals surface area contributed by atoms with Crippen molar-refractivity contribution >= 4 is 29.1 Å². The highest BCUT2D eigenvalue weighted by molar-refractivity contribution is 6.30. The molecule has 1 aromatic carbocycles. The van der Waals surface area contributed by atoms with Crippen LogP contribution in [-0.2, 0) is 17.6 Å². The highest BCUT2D eigenvalue weighted by Gasteiger charge is 2.17. The normalized spacial score (nSPS) is 10.4. The summed E-state index contributed by atoms with van der Waals surface area (Å²) in [6.45, 7) is 0. The van der Waals surface area contributed by atoms with Crippen molar-refractivity contribution in [2.45, 2.75) is 12.8 Å². The minimum atomic E-state index is -0.964. The molecular formula is C16H19ClN4O2. The van der Waals surface area contributed by atoms with Crippen molar-refractivity contribution in [1.29, 1.82) is 0 Å². The van der Waals surface area contributed by atoms with Gasteiger partial charge in [-0.2, -0.15) is 0 Å². The summed E-state index contributed by atoms with van der Waals surface area (Å²) in [5.74, 6) is 0.133. The van der Waals surface area contributed by atoms with Crippen molar-refractivity contribution in [1.82, 2.24) is 9.97 Å². The molecule has 23 heavy (non-hydrogen) atoms. The zero-order chi connectivity index (χ0) is 17.0. The number of benzene rings is 1. The SMILES string of the molecule is CNc1ccc(Cc2nc(Cl)c(CC(=O)O)c(N(C)C)n2)cc1. The van der Waals surface area contributed by atoms with Crippen LogP contribution in [0.5, 0.6) is 0 Å². The van der Waals surface area contributed by atoms with E-state index in [2.05, 4.69) is 15.3 Å². The average Bonchev–Trinajstić information content (AvgIpc) is 2.50. The third-order valence-electron chi connectivity index (χ3n) is 3.34. The number of aromatic nitrogens is 2. The summed E-state index contributed by atoms with van der Waals surface area (Å²) in [7, 11) is 5.47. The predicted octanol–water partition coefficient (Wildman–Crippen LogP) is 2.46. The molecule has 0 aliphatic rings. The molecule has 0 atom stereocenters. The van der Waals surface area contributed by atoms with E-state index in [4.69, 9.17) is 16.7 Å². The zero-order valence-electron chi connectivity index (χ0n) is 13.3. The van der Waals surface area contributed by atoms with E-state index in [1.807, 2.05) is 31.3 Å². The Balaban J connectivity index is 2.33. The topological polar surface area (TPSA) is 78.3 Å². The third kappa shape index (κ3) is 4.32. The van der Waals surface area contributed by atoms with Gasteiger partial charge in [-0.05, 0) is 17.7 Å². The van der Waals surface area contributed by atoms with Crippen LogP contribution in [0.15, 0.2) is 24.3 Å².